The second-order valence-corrected chi connectivity index (χ2v) is 5.22. The number of hydrogen-bond acceptors (Lipinski definition) is 4. The van der Waals surface area contributed by atoms with Gasteiger partial charge in [-0.15, -0.1) is 0 Å². The second-order valence-electron chi connectivity index (χ2n) is 5.22. The molecule has 5 nitrogen and oxygen atoms in total. The van der Waals surface area contributed by atoms with Gasteiger partial charge in [-0.2, -0.15) is 0 Å². The van der Waals surface area contributed by atoms with Gasteiger partial charge in [-0.25, -0.2) is 0 Å². The van der Waals surface area contributed by atoms with Crippen LogP contribution < -0.4 is 5.32 Å². The molecule has 0 atom stereocenters. The average Bonchev–Trinajstić information content (AvgIpc) is 2.61. The van der Waals surface area contributed by atoms with Gasteiger partial charge in [-0.3, -0.25) is 14.4 Å². The molecule has 2 aromatic rings. The van der Waals surface area contributed by atoms with Crippen LogP contribution >= 0.6 is 0 Å². The minimum atomic E-state index is -0.480. The highest BCUT2D eigenvalue weighted by molar-refractivity contribution is 5.97. The molecule has 124 valence electrons. The SMILES string of the molecule is O=C(CCCC(=O)OCC(=O)c1ccccc1)Nc1ccccc1. The summed E-state index contributed by atoms with van der Waals surface area (Å²) in [6.45, 7) is -0.279. The maximum absolute atomic E-state index is 11.8. The van der Waals surface area contributed by atoms with E-state index in [1.807, 2.05) is 24.3 Å². The smallest absolute Gasteiger partial charge is 0.306 e. The van der Waals surface area contributed by atoms with Gasteiger partial charge in [0.2, 0.25) is 5.91 Å². The molecular formula is C19H19NO4. The number of ketones is 1. The minimum Gasteiger partial charge on any atom is -0.457 e. The van der Waals surface area contributed by atoms with E-state index in [1.54, 1.807) is 36.4 Å². The molecular weight excluding hydrogens is 306 g/mol. The first-order chi connectivity index (χ1) is 11.6. The molecule has 0 aliphatic carbocycles. The number of Topliss-reactive ketones (excluding diaryl/α,β-unsaturated/α-hetero) is 1. The number of esters is 1. The molecule has 0 saturated carbocycles. The Bertz CT molecular complexity index is 683. The topological polar surface area (TPSA) is 72.5 Å². The van der Waals surface area contributed by atoms with Crippen LogP contribution in [0.4, 0.5) is 5.69 Å². The van der Waals surface area contributed by atoms with E-state index in [0.29, 0.717) is 12.0 Å². The predicted molar refractivity (Wildman–Crippen MR) is 90.7 cm³/mol. The first-order valence-corrected chi connectivity index (χ1v) is 7.74. The molecule has 0 spiro atoms. The van der Waals surface area contributed by atoms with E-state index in [4.69, 9.17) is 4.74 Å². The van der Waals surface area contributed by atoms with E-state index in [-0.39, 0.29) is 31.1 Å². The number of ether oxygens (including phenoxy) is 1. The molecule has 0 heterocycles. The number of carbonyl (C=O) groups is 3. The van der Waals surface area contributed by atoms with E-state index in [0.717, 1.165) is 5.69 Å². The molecule has 2 rings (SSSR count). The molecule has 1 N–H and O–H groups in total. The zero-order valence-electron chi connectivity index (χ0n) is 13.2. The highest BCUT2D eigenvalue weighted by atomic mass is 16.5. The van der Waals surface area contributed by atoms with Crippen LogP contribution in [0.2, 0.25) is 0 Å². The van der Waals surface area contributed by atoms with Crippen LogP contribution in [-0.2, 0) is 14.3 Å². The Kier molecular flexibility index (Phi) is 6.71. The van der Waals surface area contributed by atoms with E-state index in [9.17, 15) is 14.4 Å². The molecule has 0 aliphatic rings. The van der Waals surface area contributed by atoms with Gasteiger partial charge in [0.25, 0.3) is 0 Å². The van der Waals surface area contributed by atoms with E-state index >= 15 is 0 Å². The molecule has 0 aliphatic heterocycles. The molecule has 0 bridgehead atoms. The maximum atomic E-state index is 11.8. The Morgan fingerprint density at radius 1 is 0.833 bits per heavy atom. The summed E-state index contributed by atoms with van der Waals surface area (Å²) >= 11 is 0. The fourth-order valence-electron chi connectivity index (χ4n) is 2.06. The summed E-state index contributed by atoms with van der Waals surface area (Å²) in [5, 5.41) is 2.74. The van der Waals surface area contributed by atoms with Crippen molar-refractivity contribution in [2.75, 3.05) is 11.9 Å². The fourth-order valence-corrected chi connectivity index (χ4v) is 2.06. The molecule has 0 aromatic heterocycles. The van der Waals surface area contributed by atoms with Crippen molar-refractivity contribution >= 4 is 23.3 Å². The number of benzene rings is 2. The highest BCUT2D eigenvalue weighted by Gasteiger charge is 2.10. The Morgan fingerprint density at radius 3 is 2.12 bits per heavy atom. The summed E-state index contributed by atoms with van der Waals surface area (Å²) in [6, 6.07) is 17.8. The predicted octanol–water partition coefficient (Wildman–Crippen LogP) is 3.22. The lowest BCUT2D eigenvalue weighted by Gasteiger charge is -2.06. The summed E-state index contributed by atoms with van der Waals surface area (Å²) in [7, 11) is 0. The van der Waals surface area contributed by atoms with Crippen molar-refractivity contribution < 1.29 is 19.1 Å². The summed E-state index contributed by atoms with van der Waals surface area (Å²) in [6.07, 6.45) is 0.692. The molecule has 0 unspecified atom stereocenters. The van der Waals surface area contributed by atoms with Crippen LogP contribution in [0.15, 0.2) is 60.7 Å². The van der Waals surface area contributed by atoms with E-state index < -0.39 is 5.97 Å². The standard InChI is InChI=1S/C19H19NO4/c21-17(15-8-3-1-4-9-15)14-24-19(23)13-7-12-18(22)20-16-10-5-2-6-11-16/h1-6,8-11H,7,12-14H2,(H,20,22). The van der Waals surface area contributed by atoms with Crippen LogP contribution in [0, 0.1) is 0 Å². The Labute approximate surface area is 140 Å². The fraction of sp³-hybridized carbons (Fsp3) is 0.211. The number of anilines is 1. The van der Waals surface area contributed by atoms with Crippen LogP contribution in [0.25, 0.3) is 0 Å². The first-order valence-electron chi connectivity index (χ1n) is 7.74. The molecule has 5 heteroatoms. The molecule has 2 aromatic carbocycles. The first kappa shape index (κ1) is 17.4. The second kappa shape index (κ2) is 9.25. The van der Waals surface area contributed by atoms with Gasteiger partial charge < -0.3 is 10.1 Å². The molecule has 1 amide bonds. The normalized spacial score (nSPS) is 10.0. The van der Waals surface area contributed by atoms with Gasteiger partial charge in [0.15, 0.2) is 12.4 Å². The van der Waals surface area contributed by atoms with Gasteiger partial charge in [-0.05, 0) is 18.6 Å². The van der Waals surface area contributed by atoms with Gasteiger partial charge in [0, 0.05) is 24.1 Å². The van der Waals surface area contributed by atoms with Gasteiger partial charge >= 0.3 is 5.97 Å². The lowest BCUT2D eigenvalue weighted by Crippen LogP contribution is -2.15. The number of hydrogen-bond donors (Lipinski definition) is 1. The molecule has 24 heavy (non-hydrogen) atoms. The van der Waals surface area contributed by atoms with Crippen molar-refractivity contribution in [3.8, 4) is 0 Å². The molecule has 0 saturated heterocycles. The monoisotopic (exact) mass is 325 g/mol. The highest BCUT2D eigenvalue weighted by Crippen LogP contribution is 2.07. The minimum absolute atomic E-state index is 0.101. The maximum Gasteiger partial charge on any atom is 0.306 e. The third kappa shape index (κ3) is 6.04. The number of nitrogens with one attached hydrogen (secondary N) is 1. The quantitative estimate of drug-likeness (QED) is 0.597. The van der Waals surface area contributed by atoms with Crippen LogP contribution in [0.3, 0.4) is 0 Å². The number of para-hydroxylation sites is 1. The number of amides is 1. The third-order valence-corrected chi connectivity index (χ3v) is 3.30. The Hall–Kier alpha value is -2.95. The van der Waals surface area contributed by atoms with E-state index in [1.165, 1.54) is 0 Å². The zero-order valence-corrected chi connectivity index (χ0v) is 13.2. The van der Waals surface area contributed by atoms with Crippen molar-refractivity contribution in [2.24, 2.45) is 0 Å². The summed E-state index contributed by atoms with van der Waals surface area (Å²) in [4.78, 5) is 35.1. The van der Waals surface area contributed by atoms with Crippen LogP contribution in [0.1, 0.15) is 29.6 Å². The van der Waals surface area contributed by atoms with Gasteiger partial charge in [0.05, 0.1) is 0 Å². The lowest BCUT2D eigenvalue weighted by atomic mass is 10.1. The zero-order chi connectivity index (χ0) is 17.2. The van der Waals surface area contributed by atoms with Crippen molar-refractivity contribution in [3.05, 3.63) is 66.2 Å². The Morgan fingerprint density at radius 2 is 1.46 bits per heavy atom. The van der Waals surface area contributed by atoms with Crippen LogP contribution in [0.5, 0.6) is 0 Å². The van der Waals surface area contributed by atoms with Crippen molar-refractivity contribution in [2.45, 2.75) is 19.3 Å². The third-order valence-electron chi connectivity index (χ3n) is 3.30. The van der Waals surface area contributed by atoms with Crippen molar-refractivity contribution in [3.63, 3.8) is 0 Å². The summed E-state index contributed by atoms with van der Waals surface area (Å²) in [5.74, 6) is -0.882. The Balaban J connectivity index is 1.63. The summed E-state index contributed by atoms with van der Waals surface area (Å²) in [5.41, 5.74) is 1.23. The van der Waals surface area contributed by atoms with Crippen molar-refractivity contribution in [1.82, 2.24) is 0 Å². The van der Waals surface area contributed by atoms with Crippen molar-refractivity contribution in [1.29, 1.82) is 0 Å². The number of rotatable bonds is 8. The van der Waals surface area contributed by atoms with Gasteiger partial charge in [-0.1, -0.05) is 48.5 Å². The average molecular weight is 325 g/mol. The lowest BCUT2D eigenvalue weighted by molar-refractivity contribution is -0.142. The molecule has 0 radical (unpaired) electrons. The summed E-state index contributed by atoms with van der Waals surface area (Å²) < 4.78 is 4.94. The van der Waals surface area contributed by atoms with Crippen LogP contribution in [-0.4, -0.2) is 24.3 Å². The molecule has 0 fully saturated rings. The van der Waals surface area contributed by atoms with E-state index in [2.05, 4.69) is 5.32 Å². The number of carbonyl (C=O) groups excluding carboxylic acids is 3. The van der Waals surface area contributed by atoms with Gasteiger partial charge in [0.1, 0.15) is 0 Å². The largest absolute Gasteiger partial charge is 0.457 e.